The van der Waals surface area contributed by atoms with Gasteiger partial charge in [0, 0.05) is 5.88 Å². The van der Waals surface area contributed by atoms with E-state index >= 15 is 0 Å². The van der Waals surface area contributed by atoms with Crippen molar-refractivity contribution in [1.29, 1.82) is 0 Å². The average molecular weight is 240 g/mol. The van der Waals surface area contributed by atoms with Gasteiger partial charge in [0.25, 0.3) is 0 Å². The van der Waals surface area contributed by atoms with Gasteiger partial charge in [0.1, 0.15) is 0 Å². The molecule has 5 heteroatoms. The van der Waals surface area contributed by atoms with Crippen molar-refractivity contribution in [3.8, 4) is 0 Å². The van der Waals surface area contributed by atoms with Crippen molar-refractivity contribution in [2.24, 2.45) is 0 Å². The smallest absolute Gasteiger partial charge is 1.00 e. The number of rotatable bonds is 3. The van der Waals surface area contributed by atoms with Crippen LogP contribution in [0.4, 0.5) is 0 Å². The van der Waals surface area contributed by atoms with Crippen LogP contribution in [0.2, 0.25) is 0 Å². The second kappa shape index (κ2) is 31.0. The monoisotopic (exact) mass is 238 g/mol. The number of halogens is 4. The molecule has 0 saturated heterocycles. The maximum Gasteiger partial charge on any atom is 3.00 e. The summed E-state index contributed by atoms with van der Waals surface area (Å²) in [6.45, 7) is 2.17. The maximum absolute atomic E-state index is 5.38. The van der Waals surface area contributed by atoms with E-state index in [0.717, 1.165) is 5.88 Å². The minimum Gasteiger partial charge on any atom is -1.00 e. The van der Waals surface area contributed by atoms with E-state index in [4.69, 9.17) is 11.6 Å². The number of hydrogen-bond donors (Lipinski definition) is 0. The van der Waals surface area contributed by atoms with E-state index in [-0.39, 0.29) is 54.6 Å². The fourth-order valence-corrected chi connectivity index (χ4v) is 0.533. The van der Waals surface area contributed by atoms with Gasteiger partial charge in [-0.1, -0.05) is 19.8 Å². The molecule has 0 radical (unpaired) electrons. The molecule has 0 aliphatic heterocycles. The Bertz CT molecular complexity index is 25.6. The van der Waals surface area contributed by atoms with Gasteiger partial charge in [0.15, 0.2) is 0 Å². The fourth-order valence-electron chi connectivity index (χ4n) is 0.344. The fraction of sp³-hybridized carbons (Fsp3) is 1.00. The van der Waals surface area contributed by atoms with Gasteiger partial charge in [-0.25, -0.2) is 0 Å². The Morgan fingerprint density at radius 3 is 1.50 bits per heavy atom. The van der Waals surface area contributed by atoms with Gasteiger partial charge >= 0.3 is 17.4 Å². The Balaban J connectivity index is -0.0000000208. The zero-order chi connectivity index (χ0) is 4.83. The van der Waals surface area contributed by atoms with Crippen LogP contribution in [0.5, 0.6) is 0 Å². The molecule has 0 amide bonds. The molecule has 0 aliphatic carbocycles. The standard InChI is InChI=1S/C5H11Cl.Al.3ClH/c1-2-3-4-5-6;;;;/h2-5H2,1H3;;3*1H/q;+3;;;/p-3. The molecular formula is C5H11AlCl4. The van der Waals surface area contributed by atoms with Crippen LogP contribution in [0.1, 0.15) is 26.2 Å². The van der Waals surface area contributed by atoms with Crippen molar-refractivity contribution in [1.82, 2.24) is 0 Å². The second-order valence-electron chi connectivity index (χ2n) is 1.40. The quantitative estimate of drug-likeness (QED) is 0.261. The Hall–Kier alpha value is 1.69. The third-order valence-corrected chi connectivity index (χ3v) is 1.00. The predicted octanol–water partition coefficient (Wildman–Crippen LogP) is -6.95. The van der Waals surface area contributed by atoms with Crippen molar-refractivity contribution >= 4 is 29.0 Å². The van der Waals surface area contributed by atoms with Crippen LogP contribution in [-0.2, 0) is 0 Å². The molecule has 0 bridgehead atoms. The number of hydrogen-bond acceptors (Lipinski definition) is 0. The van der Waals surface area contributed by atoms with Crippen LogP contribution in [-0.4, -0.2) is 23.2 Å². The molecule has 0 aromatic heterocycles. The molecule has 0 aromatic carbocycles. The minimum absolute atomic E-state index is 0. The molecule has 0 spiro atoms. The first-order valence-corrected chi connectivity index (χ1v) is 3.01. The average Bonchev–Trinajstić information content (AvgIpc) is 1.61. The van der Waals surface area contributed by atoms with E-state index in [9.17, 15) is 0 Å². The summed E-state index contributed by atoms with van der Waals surface area (Å²) in [7, 11) is 0. The summed E-state index contributed by atoms with van der Waals surface area (Å²) in [6.07, 6.45) is 3.73. The number of alkyl halides is 1. The third kappa shape index (κ3) is 33.3. The van der Waals surface area contributed by atoms with E-state index in [0.29, 0.717) is 0 Å². The first-order valence-electron chi connectivity index (χ1n) is 2.47. The van der Waals surface area contributed by atoms with Gasteiger partial charge < -0.3 is 37.2 Å². The molecule has 0 unspecified atom stereocenters. The van der Waals surface area contributed by atoms with Gasteiger partial charge in [-0.3, -0.25) is 0 Å². The second-order valence-corrected chi connectivity index (χ2v) is 1.77. The maximum atomic E-state index is 5.38. The summed E-state index contributed by atoms with van der Waals surface area (Å²) < 4.78 is 0. The third-order valence-electron chi connectivity index (χ3n) is 0.737. The largest absolute Gasteiger partial charge is 3.00 e. The van der Waals surface area contributed by atoms with E-state index in [1.807, 2.05) is 0 Å². The van der Waals surface area contributed by atoms with Crippen LogP contribution in [0.25, 0.3) is 0 Å². The summed E-state index contributed by atoms with van der Waals surface area (Å²) in [5.74, 6) is 0.827. The van der Waals surface area contributed by atoms with Crippen LogP contribution < -0.4 is 37.2 Å². The van der Waals surface area contributed by atoms with Gasteiger partial charge in [0.05, 0.1) is 0 Å². The molecule has 10 heavy (non-hydrogen) atoms. The number of unbranched alkanes of at least 4 members (excludes halogenated alkanes) is 2. The Kier molecular flexibility index (Phi) is 92.5. The van der Waals surface area contributed by atoms with Crippen molar-refractivity contribution in [3.05, 3.63) is 0 Å². The van der Waals surface area contributed by atoms with E-state index in [1.165, 1.54) is 19.3 Å². The van der Waals surface area contributed by atoms with E-state index in [2.05, 4.69) is 6.92 Å². The van der Waals surface area contributed by atoms with Crippen LogP contribution in [0, 0.1) is 0 Å². The topological polar surface area (TPSA) is 0 Å². The summed E-state index contributed by atoms with van der Waals surface area (Å²) in [6, 6.07) is 0. The molecule has 0 saturated carbocycles. The molecule has 0 atom stereocenters. The summed E-state index contributed by atoms with van der Waals surface area (Å²) in [5.41, 5.74) is 0. The normalized spacial score (nSPS) is 5.40. The zero-order valence-corrected chi connectivity index (χ0v) is 10.1. The summed E-state index contributed by atoms with van der Waals surface area (Å²) in [4.78, 5) is 0. The molecule has 0 N–H and O–H groups in total. The first kappa shape index (κ1) is 29.8. The summed E-state index contributed by atoms with van der Waals surface area (Å²) >= 11 is 5.38. The Morgan fingerprint density at radius 2 is 1.40 bits per heavy atom. The molecule has 0 rings (SSSR count). The first-order chi connectivity index (χ1) is 2.91. The van der Waals surface area contributed by atoms with Gasteiger partial charge in [-0.2, -0.15) is 0 Å². The van der Waals surface area contributed by atoms with Gasteiger partial charge in [-0.15, -0.1) is 11.6 Å². The summed E-state index contributed by atoms with van der Waals surface area (Å²) in [5, 5.41) is 0. The molecule has 0 fully saturated rings. The zero-order valence-electron chi connectivity index (χ0n) is 5.92. The van der Waals surface area contributed by atoms with Crippen molar-refractivity contribution in [3.63, 3.8) is 0 Å². The Labute approximate surface area is 97.8 Å². The molecule has 62 valence electrons. The molecule has 0 nitrogen and oxygen atoms in total. The van der Waals surface area contributed by atoms with Gasteiger partial charge in [-0.05, 0) is 6.42 Å². The van der Waals surface area contributed by atoms with Crippen molar-refractivity contribution in [2.75, 3.05) is 5.88 Å². The van der Waals surface area contributed by atoms with E-state index < -0.39 is 0 Å². The molecule has 0 aromatic rings. The van der Waals surface area contributed by atoms with Crippen molar-refractivity contribution < 1.29 is 37.2 Å². The van der Waals surface area contributed by atoms with Gasteiger partial charge in [0.2, 0.25) is 0 Å². The van der Waals surface area contributed by atoms with Crippen LogP contribution >= 0.6 is 11.6 Å². The molecular weight excluding hydrogens is 229 g/mol. The molecule has 0 heterocycles. The Morgan fingerprint density at radius 1 is 1.00 bits per heavy atom. The predicted molar refractivity (Wildman–Crippen MR) is 36.0 cm³/mol. The van der Waals surface area contributed by atoms with Crippen LogP contribution in [0.3, 0.4) is 0 Å². The van der Waals surface area contributed by atoms with Crippen LogP contribution in [0.15, 0.2) is 0 Å². The molecule has 0 aliphatic rings. The SMILES string of the molecule is CCCCCCl.[Al+3].[Cl-].[Cl-].[Cl-]. The minimum atomic E-state index is 0. The van der Waals surface area contributed by atoms with Crippen molar-refractivity contribution in [2.45, 2.75) is 26.2 Å². The van der Waals surface area contributed by atoms with E-state index in [1.54, 1.807) is 0 Å².